The lowest BCUT2D eigenvalue weighted by Gasteiger charge is -2.30. The second-order valence-corrected chi connectivity index (χ2v) is 6.63. The highest BCUT2D eigenvalue weighted by Crippen LogP contribution is 2.22. The Balaban J connectivity index is 2.20. The molecule has 1 aromatic heterocycles. The predicted octanol–water partition coefficient (Wildman–Crippen LogP) is 1.61. The molecule has 23 heavy (non-hydrogen) atoms. The Morgan fingerprint density at radius 2 is 2.04 bits per heavy atom. The lowest BCUT2D eigenvalue weighted by Crippen LogP contribution is -2.51. The van der Waals surface area contributed by atoms with Crippen molar-refractivity contribution in [1.29, 1.82) is 0 Å². The SMILES string of the molecule is Cc1cc(C)nc(NC(C(=O)N2CCC[C@H]2C(N)=O)C(C)C)c1. The number of carbonyl (C=O) groups excluding carboxylic acids is 2. The Morgan fingerprint density at radius 1 is 1.35 bits per heavy atom. The maximum Gasteiger partial charge on any atom is 0.246 e. The number of nitrogens with two attached hydrogens (primary N) is 1. The van der Waals surface area contributed by atoms with E-state index in [-0.39, 0.29) is 11.8 Å². The maximum atomic E-state index is 12.9. The summed E-state index contributed by atoms with van der Waals surface area (Å²) in [6.45, 7) is 8.46. The van der Waals surface area contributed by atoms with Gasteiger partial charge in [-0.2, -0.15) is 0 Å². The Hall–Kier alpha value is -2.11. The fourth-order valence-corrected chi connectivity index (χ4v) is 3.09. The van der Waals surface area contributed by atoms with Crippen molar-refractivity contribution < 1.29 is 9.59 Å². The zero-order chi connectivity index (χ0) is 17.1. The number of primary amides is 1. The molecule has 1 fully saturated rings. The van der Waals surface area contributed by atoms with Crippen molar-refractivity contribution in [3.63, 3.8) is 0 Å². The van der Waals surface area contributed by atoms with Gasteiger partial charge in [-0.1, -0.05) is 13.8 Å². The zero-order valence-electron chi connectivity index (χ0n) is 14.3. The van der Waals surface area contributed by atoms with Gasteiger partial charge in [0.05, 0.1) is 0 Å². The van der Waals surface area contributed by atoms with E-state index in [2.05, 4.69) is 10.3 Å². The standard InChI is InChI=1S/C17H26N4O2/c1-10(2)15(20-14-9-11(3)8-12(4)19-14)17(23)21-7-5-6-13(21)16(18)22/h8-10,13,15H,5-7H2,1-4H3,(H2,18,22)(H,19,20)/t13-,15?/m0/s1. The number of aryl methyl sites for hydroxylation is 2. The molecular formula is C17H26N4O2. The van der Waals surface area contributed by atoms with Crippen LogP contribution in [0.3, 0.4) is 0 Å². The van der Waals surface area contributed by atoms with Gasteiger partial charge in [-0.15, -0.1) is 0 Å². The van der Waals surface area contributed by atoms with E-state index in [0.29, 0.717) is 18.8 Å². The van der Waals surface area contributed by atoms with Crippen LogP contribution < -0.4 is 11.1 Å². The number of anilines is 1. The molecule has 0 spiro atoms. The van der Waals surface area contributed by atoms with E-state index in [1.54, 1.807) is 4.90 Å². The van der Waals surface area contributed by atoms with E-state index < -0.39 is 18.0 Å². The molecule has 1 aliphatic heterocycles. The molecule has 2 atom stereocenters. The summed E-state index contributed by atoms with van der Waals surface area (Å²) in [7, 11) is 0. The lowest BCUT2D eigenvalue weighted by atomic mass is 10.0. The quantitative estimate of drug-likeness (QED) is 0.863. The number of hydrogen-bond acceptors (Lipinski definition) is 4. The number of nitrogens with one attached hydrogen (secondary N) is 1. The van der Waals surface area contributed by atoms with Crippen LogP contribution in [0, 0.1) is 19.8 Å². The molecule has 126 valence electrons. The molecule has 0 aliphatic carbocycles. The summed E-state index contributed by atoms with van der Waals surface area (Å²) < 4.78 is 0. The number of likely N-dealkylation sites (tertiary alicyclic amines) is 1. The summed E-state index contributed by atoms with van der Waals surface area (Å²) in [6.07, 6.45) is 1.46. The third kappa shape index (κ3) is 4.00. The number of carbonyl (C=O) groups is 2. The van der Waals surface area contributed by atoms with Crippen LogP contribution >= 0.6 is 0 Å². The maximum absolute atomic E-state index is 12.9. The minimum absolute atomic E-state index is 0.0687. The van der Waals surface area contributed by atoms with E-state index in [1.807, 2.05) is 39.8 Å². The van der Waals surface area contributed by atoms with Crippen LogP contribution in [0.5, 0.6) is 0 Å². The Bertz CT molecular complexity index is 580. The molecule has 1 unspecified atom stereocenters. The number of pyridine rings is 1. The number of rotatable bonds is 5. The molecule has 6 nitrogen and oxygen atoms in total. The Labute approximate surface area is 137 Å². The van der Waals surface area contributed by atoms with Crippen LogP contribution in [-0.2, 0) is 9.59 Å². The summed E-state index contributed by atoms with van der Waals surface area (Å²) in [6, 6.07) is 2.99. The van der Waals surface area contributed by atoms with Gasteiger partial charge in [-0.3, -0.25) is 9.59 Å². The Morgan fingerprint density at radius 3 is 2.61 bits per heavy atom. The molecule has 2 heterocycles. The van der Waals surface area contributed by atoms with E-state index >= 15 is 0 Å². The first-order valence-corrected chi connectivity index (χ1v) is 8.11. The average Bonchev–Trinajstić information content (AvgIpc) is 2.92. The molecule has 0 bridgehead atoms. The molecule has 6 heteroatoms. The van der Waals surface area contributed by atoms with E-state index in [4.69, 9.17) is 5.73 Å². The smallest absolute Gasteiger partial charge is 0.246 e. The number of aromatic nitrogens is 1. The van der Waals surface area contributed by atoms with Crippen molar-refractivity contribution in [3.8, 4) is 0 Å². The minimum Gasteiger partial charge on any atom is -0.368 e. The van der Waals surface area contributed by atoms with Crippen molar-refractivity contribution >= 4 is 17.6 Å². The van der Waals surface area contributed by atoms with Crippen LogP contribution in [0.25, 0.3) is 0 Å². The van der Waals surface area contributed by atoms with Crippen molar-refractivity contribution in [2.75, 3.05) is 11.9 Å². The third-order valence-electron chi connectivity index (χ3n) is 4.20. The number of amides is 2. The first-order valence-electron chi connectivity index (χ1n) is 8.11. The normalized spacial score (nSPS) is 19.0. The van der Waals surface area contributed by atoms with Gasteiger partial charge in [0, 0.05) is 12.2 Å². The van der Waals surface area contributed by atoms with Gasteiger partial charge in [-0.05, 0) is 50.3 Å². The summed E-state index contributed by atoms with van der Waals surface area (Å²) in [4.78, 5) is 30.5. The second-order valence-electron chi connectivity index (χ2n) is 6.63. The average molecular weight is 318 g/mol. The van der Waals surface area contributed by atoms with Gasteiger partial charge in [0.1, 0.15) is 17.9 Å². The van der Waals surface area contributed by atoms with Crippen molar-refractivity contribution in [2.24, 2.45) is 11.7 Å². The van der Waals surface area contributed by atoms with Crippen molar-refractivity contribution in [3.05, 3.63) is 23.4 Å². The molecule has 0 aromatic carbocycles. The zero-order valence-corrected chi connectivity index (χ0v) is 14.3. The third-order valence-corrected chi connectivity index (χ3v) is 4.20. The largest absolute Gasteiger partial charge is 0.368 e. The monoisotopic (exact) mass is 318 g/mol. The molecule has 1 saturated heterocycles. The van der Waals surface area contributed by atoms with Crippen LogP contribution in [0.1, 0.15) is 37.9 Å². The highest BCUT2D eigenvalue weighted by molar-refractivity contribution is 5.91. The molecular weight excluding hydrogens is 292 g/mol. The van der Waals surface area contributed by atoms with Crippen molar-refractivity contribution in [1.82, 2.24) is 9.88 Å². The highest BCUT2D eigenvalue weighted by Gasteiger charge is 2.37. The van der Waals surface area contributed by atoms with Crippen LogP contribution in [0.15, 0.2) is 12.1 Å². The first kappa shape index (κ1) is 17.2. The number of hydrogen-bond donors (Lipinski definition) is 2. The van der Waals surface area contributed by atoms with Gasteiger partial charge in [0.25, 0.3) is 0 Å². The predicted molar refractivity (Wildman–Crippen MR) is 89.9 cm³/mol. The van der Waals surface area contributed by atoms with E-state index in [9.17, 15) is 9.59 Å². The van der Waals surface area contributed by atoms with Gasteiger partial charge < -0.3 is 16.0 Å². The van der Waals surface area contributed by atoms with Gasteiger partial charge in [-0.25, -0.2) is 4.98 Å². The molecule has 0 saturated carbocycles. The fourth-order valence-electron chi connectivity index (χ4n) is 3.09. The van der Waals surface area contributed by atoms with E-state index in [0.717, 1.165) is 17.7 Å². The van der Waals surface area contributed by atoms with Gasteiger partial charge >= 0.3 is 0 Å². The van der Waals surface area contributed by atoms with Gasteiger partial charge in [0.2, 0.25) is 11.8 Å². The number of nitrogens with zero attached hydrogens (tertiary/aromatic N) is 2. The molecule has 0 radical (unpaired) electrons. The molecule has 1 aliphatic rings. The van der Waals surface area contributed by atoms with Crippen LogP contribution in [0.2, 0.25) is 0 Å². The molecule has 3 N–H and O–H groups in total. The summed E-state index contributed by atoms with van der Waals surface area (Å²) in [5.74, 6) is 0.244. The van der Waals surface area contributed by atoms with Gasteiger partial charge in [0.15, 0.2) is 0 Å². The first-order chi connectivity index (χ1) is 10.8. The van der Waals surface area contributed by atoms with Crippen LogP contribution in [-0.4, -0.2) is 40.3 Å². The topological polar surface area (TPSA) is 88.3 Å². The summed E-state index contributed by atoms with van der Waals surface area (Å²) in [5.41, 5.74) is 7.42. The van der Waals surface area contributed by atoms with E-state index in [1.165, 1.54) is 0 Å². The second kappa shape index (κ2) is 6.98. The van der Waals surface area contributed by atoms with Crippen LogP contribution in [0.4, 0.5) is 5.82 Å². The molecule has 2 rings (SSSR count). The molecule has 1 aromatic rings. The summed E-state index contributed by atoms with van der Waals surface area (Å²) in [5, 5.41) is 3.24. The minimum atomic E-state index is -0.488. The Kier molecular flexibility index (Phi) is 5.23. The van der Waals surface area contributed by atoms with Crippen molar-refractivity contribution in [2.45, 2.75) is 52.6 Å². The lowest BCUT2D eigenvalue weighted by molar-refractivity contribution is -0.138. The summed E-state index contributed by atoms with van der Waals surface area (Å²) >= 11 is 0. The highest BCUT2D eigenvalue weighted by atomic mass is 16.2. The molecule has 2 amide bonds. The fraction of sp³-hybridized carbons (Fsp3) is 0.588.